The summed E-state index contributed by atoms with van der Waals surface area (Å²) in [6.07, 6.45) is 1.64. The number of nitrogens with zero attached hydrogens (tertiary/aromatic N) is 4. The average Bonchev–Trinajstić information content (AvgIpc) is 3.23. The zero-order chi connectivity index (χ0) is 17.8. The first-order valence-corrected chi connectivity index (χ1v) is 9.38. The molecule has 0 aliphatic carbocycles. The summed E-state index contributed by atoms with van der Waals surface area (Å²) < 4.78 is 7.16. The Morgan fingerprint density at radius 3 is 3.00 bits per heavy atom. The highest BCUT2D eigenvalue weighted by Crippen LogP contribution is 2.32. The lowest BCUT2D eigenvalue weighted by molar-refractivity contribution is -0.113. The number of methoxy groups -OCH3 is 1. The molecule has 1 N–H and O–H groups in total. The van der Waals surface area contributed by atoms with Crippen molar-refractivity contribution in [3.05, 3.63) is 34.8 Å². The first-order chi connectivity index (χ1) is 12.1. The molecule has 1 amide bonds. The van der Waals surface area contributed by atoms with E-state index in [1.54, 1.807) is 41.5 Å². The molecule has 1 aromatic carbocycles. The minimum Gasteiger partial charge on any atom is -0.496 e. The fraction of sp³-hybridized carbons (Fsp3) is 0.200. The summed E-state index contributed by atoms with van der Waals surface area (Å²) in [5, 5.41) is 14.7. The minimum atomic E-state index is -0.148. The number of carbonyl (C=O) groups is 1. The SMILES string of the molecule is COc1ccc(Cl)cc1-c1nnc(SCC(=O)Nc2nccs2)n1C. The third-order valence-corrected chi connectivity index (χ3v) is 5.19. The summed E-state index contributed by atoms with van der Waals surface area (Å²) >= 11 is 8.74. The van der Waals surface area contributed by atoms with Gasteiger partial charge >= 0.3 is 0 Å². The number of hydrogen-bond acceptors (Lipinski definition) is 7. The van der Waals surface area contributed by atoms with Gasteiger partial charge in [-0.2, -0.15) is 0 Å². The molecule has 0 spiro atoms. The van der Waals surface area contributed by atoms with Gasteiger partial charge in [0.2, 0.25) is 5.91 Å². The number of thiazole rings is 1. The summed E-state index contributed by atoms with van der Waals surface area (Å²) in [5.74, 6) is 1.32. The van der Waals surface area contributed by atoms with Crippen LogP contribution in [0, 0.1) is 0 Å². The van der Waals surface area contributed by atoms with Crippen molar-refractivity contribution in [1.82, 2.24) is 19.7 Å². The molecule has 3 rings (SSSR count). The molecule has 0 atom stereocenters. The quantitative estimate of drug-likeness (QED) is 0.644. The van der Waals surface area contributed by atoms with Crippen molar-refractivity contribution < 1.29 is 9.53 Å². The van der Waals surface area contributed by atoms with E-state index in [0.29, 0.717) is 26.9 Å². The van der Waals surface area contributed by atoms with Gasteiger partial charge in [-0.05, 0) is 18.2 Å². The molecular weight excluding hydrogens is 382 g/mol. The molecule has 25 heavy (non-hydrogen) atoms. The van der Waals surface area contributed by atoms with E-state index in [2.05, 4.69) is 20.5 Å². The summed E-state index contributed by atoms with van der Waals surface area (Å²) in [6.45, 7) is 0. The highest BCUT2D eigenvalue weighted by atomic mass is 35.5. The lowest BCUT2D eigenvalue weighted by atomic mass is 10.2. The van der Waals surface area contributed by atoms with Crippen LogP contribution in [0.4, 0.5) is 5.13 Å². The molecule has 0 aliphatic heterocycles. The second-order valence-corrected chi connectivity index (χ2v) is 7.16. The maximum Gasteiger partial charge on any atom is 0.236 e. The number of amides is 1. The number of ether oxygens (including phenoxy) is 1. The molecule has 7 nitrogen and oxygen atoms in total. The molecule has 3 aromatic rings. The van der Waals surface area contributed by atoms with Gasteiger partial charge in [0.1, 0.15) is 5.75 Å². The van der Waals surface area contributed by atoms with E-state index in [1.807, 2.05) is 7.05 Å². The van der Waals surface area contributed by atoms with Gasteiger partial charge in [0, 0.05) is 23.6 Å². The van der Waals surface area contributed by atoms with Crippen LogP contribution in [-0.4, -0.2) is 38.5 Å². The normalized spacial score (nSPS) is 10.7. The fourth-order valence-corrected chi connectivity index (χ4v) is 3.53. The van der Waals surface area contributed by atoms with Crippen molar-refractivity contribution in [1.29, 1.82) is 0 Å². The van der Waals surface area contributed by atoms with E-state index in [-0.39, 0.29) is 11.7 Å². The summed E-state index contributed by atoms with van der Waals surface area (Å²) in [5.41, 5.74) is 0.740. The number of halogens is 1. The van der Waals surface area contributed by atoms with Crippen molar-refractivity contribution in [2.75, 3.05) is 18.2 Å². The summed E-state index contributed by atoms with van der Waals surface area (Å²) in [7, 11) is 3.42. The van der Waals surface area contributed by atoms with Crippen LogP contribution in [-0.2, 0) is 11.8 Å². The largest absolute Gasteiger partial charge is 0.496 e. The molecule has 2 heterocycles. The molecule has 0 saturated carbocycles. The van der Waals surface area contributed by atoms with Crippen molar-refractivity contribution >= 4 is 45.7 Å². The monoisotopic (exact) mass is 395 g/mol. The third kappa shape index (κ3) is 4.12. The van der Waals surface area contributed by atoms with Crippen LogP contribution in [0.2, 0.25) is 5.02 Å². The van der Waals surface area contributed by atoms with E-state index in [4.69, 9.17) is 16.3 Å². The lowest BCUT2D eigenvalue weighted by Crippen LogP contribution is -2.14. The van der Waals surface area contributed by atoms with Gasteiger partial charge in [-0.25, -0.2) is 4.98 Å². The second-order valence-electron chi connectivity index (χ2n) is 4.88. The predicted molar refractivity (Wildman–Crippen MR) is 99.5 cm³/mol. The van der Waals surface area contributed by atoms with E-state index >= 15 is 0 Å². The van der Waals surface area contributed by atoms with E-state index in [1.165, 1.54) is 23.1 Å². The van der Waals surface area contributed by atoms with Crippen LogP contribution in [0.15, 0.2) is 34.9 Å². The Morgan fingerprint density at radius 1 is 1.44 bits per heavy atom. The number of thioether (sulfide) groups is 1. The Bertz CT molecular complexity index is 882. The van der Waals surface area contributed by atoms with Crippen molar-refractivity contribution in [3.63, 3.8) is 0 Å². The maximum absolute atomic E-state index is 12.0. The number of nitrogens with one attached hydrogen (secondary N) is 1. The van der Waals surface area contributed by atoms with Gasteiger partial charge in [0.15, 0.2) is 16.1 Å². The van der Waals surface area contributed by atoms with Gasteiger partial charge in [-0.15, -0.1) is 21.5 Å². The molecule has 0 unspecified atom stereocenters. The topological polar surface area (TPSA) is 81.9 Å². The zero-order valence-corrected chi connectivity index (χ0v) is 15.8. The Morgan fingerprint density at radius 2 is 2.28 bits per heavy atom. The zero-order valence-electron chi connectivity index (χ0n) is 13.4. The lowest BCUT2D eigenvalue weighted by Gasteiger charge is -2.09. The Kier molecular flexibility index (Phi) is 5.57. The summed E-state index contributed by atoms with van der Waals surface area (Å²) in [6, 6.07) is 5.30. The Hall–Kier alpha value is -2.10. The predicted octanol–water partition coefficient (Wildman–Crippen LogP) is 3.33. The highest BCUT2D eigenvalue weighted by molar-refractivity contribution is 7.99. The average molecular weight is 396 g/mol. The number of aromatic nitrogens is 4. The minimum absolute atomic E-state index is 0.148. The van der Waals surface area contributed by atoms with Crippen LogP contribution >= 0.6 is 34.7 Å². The van der Waals surface area contributed by atoms with Gasteiger partial charge in [0.05, 0.1) is 18.4 Å². The molecule has 0 radical (unpaired) electrons. The van der Waals surface area contributed by atoms with Gasteiger partial charge in [-0.1, -0.05) is 23.4 Å². The third-order valence-electron chi connectivity index (χ3n) is 3.25. The van der Waals surface area contributed by atoms with Crippen LogP contribution in [0.1, 0.15) is 0 Å². The van der Waals surface area contributed by atoms with E-state index in [0.717, 1.165) is 5.56 Å². The number of anilines is 1. The molecule has 0 saturated heterocycles. The van der Waals surface area contributed by atoms with Crippen LogP contribution in [0.25, 0.3) is 11.4 Å². The summed E-state index contributed by atoms with van der Waals surface area (Å²) in [4.78, 5) is 16.0. The smallest absolute Gasteiger partial charge is 0.236 e. The van der Waals surface area contributed by atoms with Gasteiger partial charge in [0.25, 0.3) is 0 Å². The number of hydrogen-bond donors (Lipinski definition) is 1. The molecule has 0 aliphatic rings. The van der Waals surface area contributed by atoms with Crippen molar-refractivity contribution in [2.24, 2.45) is 7.05 Å². The molecular formula is C15H14ClN5O2S2. The van der Waals surface area contributed by atoms with Crippen LogP contribution < -0.4 is 10.1 Å². The maximum atomic E-state index is 12.0. The van der Waals surface area contributed by atoms with Gasteiger partial charge < -0.3 is 14.6 Å². The molecule has 0 fully saturated rings. The highest BCUT2D eigenvalue weighted by Gasteiger charge is 2.17. The number of carbonyl (C=O) groups excluding carboxylic acids is 1. The molecule has 2 aromatic heterocycles. The van der Waals surface area contributed by atoms with Crippen LogP contribution in [0.3, 0.4) is 0 Å². The van der Waals surface area contributed by atoms with Gasteiger partial charge in [-0.3, -0.25) is 4.79 Å². The fourth-order valence-electron chi connectivity index (χ4n) is 2.10. The first-order valence-electron chi connectivity index (χ1n) is 7.14. The van der Waals surface area contributed by atoms with E-state index in [9.17, 15) is 4.79 Å². The van der Waals surface area contributed by atoms with Crippen LogP contribution in [0.5, 0.6) is 5.75 Å². The molecule has 0 bridgehead atoms. The van der Waals surface area contributed by atoms with Crippen molar-refractivity contribution in [3.8, 4) is 17.1 Å². The number of benzene rings is 1. The number of rotatable bonds is 6. The molecule has 10 heteroatoms. The Labute approximate surface area is 157 Å². The van der Waals surface area contributed by atoms with Crippen molar-refractivity contribution in [2.45, 2.75) is 5.16 Å². The first kappa shape index (κ1) is 17.7. The molecule has 130 valence electrons. The van der Waals surface area contributed by atoms with E-state index < -0.39 is 0 Å². The Balaban J connectivity index is 1.73. The standard InChI is InChI=1S/C15H14ClN5O2S2/c1-21-13(10-7-9(16)3-4-11(10)23-2)19-20-15(21)25-8-12(22)18-14-17-5-6-24-14/h3-7H,8H2,1-2H3,(H,17,18,22). The second kappa shape index (κ2) is 7.85.